The summed E-state index contributed by atoms with van der Waals surface area (Å²) in [6, 6.07) is 3.34. The first-order valence-corrected chi connectivity index (χ1v) is 13.6. The van der Waals surface area contributed by atoms with E-state index < -0.39 is 28.7 Å². The van der Waals surface area contributed by atoms with Crippen molar-refractivity contribution in [2.24, 2.45) is 5.92 Å². The number of aliphatic hydroxyl groups excluding tert-OH is 1. The molecule has 0 spiro atoms. The quantitative estimate of drug-likeness (QED) is 0.279. The van der Waals surface area contributed by atoms with Crippen LogP contribution in [0, 0.1) is 18.7 Å². The van der Waals surface area contributed by atoms with Crippen molar-refractivity contribution in [2.45, 2.75) is 59.2 Å². The van der Waals surface area contributed by atoms with Crippen molar-refractivity contribution in [3.63, 3.8) is 0 Å². The molecule has 0 bridgehead atoms. The molecule has 0 fully saturated rings. The van der Waals surface area contributed by atoms with Crippen molar-refractivity contribution in [3.8, 4) is 10.8 Å². The molecule has 0 radical (unpaired) electrons. The number of thiophene rings is 1. The van der Waals surface area contributed by atoms with Gasteiger partial charge in [-0.3, -0.25) is 14.2 Å². The van der Waals surface area contributed by atoms with Crippen LogP contribution in [0.1, 0.15) is 51.3 Å². The van der Waals surface area contributed by atoms with E-state index in [1.807, 2.05) is 13.8 Å². The van der Waals surface area contributed by atoms with E-state index in [4.69, 9.17) is 4.74 Å². The van der Waals surface area contributed by atoms with Crippen LogP contribution in [0.15, 0.2) is 40.2 Å². The number of hydrogen-bond donors (Lipinski definition) is 2. The Morgan fingerprint density at radius 1 is 1.20 bits per heavy atom. The van der Waals surface area contributed by atoms with Gasteiger partial charge in [-0.2, -0.15) is 10.2 Å². The molecular formula is C27H32FN5O6S. The van der Waals surface area contributed by atoms with Gasteiger partial charge in [0.25, 0.3) is 5.56 Å². The van der Waals surface area contributed by atoms with Crippen molar-refractivity contribution >= 4 is 27.3 Å². The van der Waals surface area contributed by atoms with Crippen molar-refractivity contribution in [1.82, 2.24) is 24.1 Å². The molecule has 2 N–H and O–H groups in total. The van der Waals surface area contributed by atoms with E-state index in [-0.39, 0.29) is 59.4 Å². The van der Waals surface area contributed by atoms with Crippen LogP contribution in [-0.2, 0) is 21.6 Å². The lowest BCUT2D eigenvalue weighted by Crippen LogP contribution is -2.53. The van der Waals surface area contributed by atoms with Gasteiger partial charge in [0, 0.05) is 17.5 Å². The highest BCUT2D eigenvalue weighted by Gasteiger charge is 2.36. The van der Waals surface area contributed by atoms with E-state index in [0.29, 0.717) is 10.6 Å². The predicted octanol–water partition coefficient (Wildman–Crippen LogP) is 3.06. The number of rotatable bonds is 11. The van der Waals surface area contributed by atoms with E-state index in [0.717, 1.165) is 28.0 Å². The number of hydrogen-bond acceptors (Lipinski definition) is 9. The number of halogens is 1. The molecule has 0 aliphatic carbocycles. The van der Waals surface area contributed by atoms with Crippen molar-refractivity contribution < 1.29 is 24.1 Å². The third kappa shape index (κ3) is 5.36. The number of carbonyl (C=O) groups excluding carboxylic acids is 1. The van der Waals surface area contributed by atoms with E-state index in [2.05, 4.69) is 10.2 Å². The molecule has 1 atom stereocenters. The van der Waals surface area contributed by atoms with E-state index >= 15 is 0 Å². The second-order valence-corrected chi connectivity index (χ2v) is 11.4. The fourth-order valence-electron chi connectivity index (χ4n) is 4.63. The summed E-state index contributed by atoms with van der Waals surface area (Å²) in [4.78, 5) is 43.0. The molecule has 214 valence electrons. The van der Waals surface area contributed by atoms with Crippen LogP contribution in [-0.4, -0.2) is 53.3 Å². The molecule has 0 aliphatic heterocycles. The summed E-state index contributed by atoms with van der Waals surface area (Å²) in [6.45, 7) is 7.74. The Kier molecular flexibility index (Phi) is 8.38. The molecule has 4 aromatic rings. The zero-order chi connectivity index (χ0) is 29.4. The minimum atomic E-state index is -1.49. The lowest BCUT2D eigenvalue weighted by Gasteiger charge is -2.28. The number of benzene rings is 1. The summed E-state index contributed by atoms with van der Waals surface area (Å²) >= 11 is 1.10. The Labute approximate surface area is 233 Å². The van der Waals surface area contributed by atoms with Gasteiger partial charge in [0.2, 0.25) is 0 Å². The zero-order valence-corrected chi connectivity index (χ0v) is 23.7. The molecular weight excluding hydrogens is 541 g/mol. The minimum absolute atomic E-state index is 0.000948. The minimum Gasteiger partial charge on any atom is -0.508 e. The summed E-state index contributed by atoms with van der Waals surface area (Å²) in [7, 11) is 0. The lowest BCUT2D eigenvalue weighted by molar-refractivity contribution is -0.127. The third-order valence-electron chi connectivity index (χ3n) is 6.72. The molecule has 0 saturated carbocycles. The van der Waals surface area contributed by atoms with Gasteiger partial charge >= 0.3 is 5.69 Å². The number of phenolic OH excluding ortho intramolecular Hbond substituents is 1. The van der Waals surface area contributed by atoms with Crippen LogP contribution in [0.4, 0.5) is 4.39 Å². The number of nitrogens with zero attached hydrogens (tertiary/aromatic N) is 5. The summed E-state index contributed by atoms with van der Waals surface area (Å²) in [5, 5.41) is 29.0. The first kappa shape index (κ1) is 29.3. The number of ether oxygens (including phenoxy) is 1. The molecule has 3 heterocycles. The molecule has 11 nitrogen and oxygen atoms in total. The summed E-state index contributed by atoms with van der Waals surface area (Å²) < 4.78 is 22.2. The highest BCUT2D eigenvalue weighted by Crippen LogP contribution is 2.34. The van der Waals surface area contributed by atoms with Gasteiger partial charge in [0.1, 0.15) is 33.0 Å². The van der Waals surface area contributed by atoms with Crippen LogP contribution < -0.4 is 11.2 Å². The fourth-order valence-corrected chi connectivity index (χ4v) is 5.85. The first-order chi connectivity index (χ1) is 18.9. The molecule has 4 rings (SSSR count). The molecule has 0 aliphatic rings. The topological polar surface area (TPSA) is 141 Å². The molecule has 3 aromatic heterocycles. The fraction of sp³-hybridized carbons (Fsp3) is 0.444. The Morgan fingerprint density at radius 2 is 1.88 bits per heavy atom. The van der Waals surface area contributed by atoms with Gasteiger partial charge in [-0.05, 0) is 44.9 Å². The van der Waals surface area contributed by atoms with Gasteiger partial charge in [-0.1, -0.05) is 25.2 Å². The molecule has 0 saturated heterocycles. The number of fused-ring (bicyclic) bond motifs is 1. The number of ketones is 1. The maximum Gasteiger partial charge on any atom is 0.333 e. The van der Waals surface area contributed by atoms with Gasteiger partial charge in [0.15, 0.2) is 5.78 Å². The second-order valence-electron chi connectivity index (χ2n) is 10.4. The lowest BCUT2D eigenvalue weighted by atomic mass is 9.91. The smallest absolute Gasteiger partial charge is 0.333 e. The van der Waals surface area contributed by atoms with Crippen LogP contribution >= 0.6 is 11.3 Å². The van der Waals surface area contributed by atoms with Crippen LogP contribution in [0.25, 0.3) is 15.2 Å². The molecule has 0 amide bonds. The normalized spacial score (nSPS) is 12.9. The first-order valence-electron chi connectivity index (χ1n) is 12.8. The van der Waals surface area contributed by atoms with Crippen LogP contribution in [0.2, 0.25) is 0 Å². The number of aliphatic hydroxyl groups is 1. The van der Waals surface area contributed by atoms with Gasteiger partial charge in [0.05, 0.1) is 37.5 Å². The summed E-state index contributed by atoms with van der Waals surface area (Å²) in [6.07, 6.45) is 2.03. The molecule has 1 aromatic carbocycles. The summed E-state index contributed by atoms with van der Waals surface area (Å²) in [5.74, 6) is -1.18. The Morgan fingerprint density at radius 3 is 2.50 bits per heavy atom. The Hall–Kier alpha value is -3.68. The SMILES string of the molecule is Cc1c(-n2nccn2)sc2c1c(=O)n(C(C)(C)C(=O)CC(C)C)c(=O)n2C[C@H](OCCO)c1cc(F)ccc1O. The number of aromatic hydroxyl groups is 1. The molecule has 0 unspecified atom stereocenters. The van der Waals surface area contributed by atoms with Crippen LogP contribution in [0.5, 0.6) is 5.75 Å². The number of aryl methyl sites for hydroxylation is 1. The third-order valence-corrected chi connectivity index (χ3v) is 8.00. The monoisotopic (exact) mass is 573 g/mol. The maximum absolute atomic E-state index is 14.2. The number of carbonyl (C=O) groups is 1. The Bertz CT molecular complexity index is 1650. The van der Waals surface area contributed by atoms with Crippen molar-refractivity contribution in [2.75, 3.05) is 13.2 Å². The number of Topliss-reactive ketones (excluding diaryl/α,β-unsaturated/α-hetero) is 1. The predicted molar refractivity (Wildman–Crippen MR) is 148 cm³/mol. The van der Waals surface area contributed by atoms with Crippen molar-refractivity contribution in [1.29, 1.82) is 0 Å². The van der Waals surface area contributed by atoms with Gasteiger partial charge in [-0.25, -0.2) is 13.8 Å². The number of aromatic nitrogens is 5. The van der Waals surface area contributed by atoms with Crippen molar-refractivity contribution in [3.05, 3.63) is 68.4 Å². The average molecular weight is 574 g/mol. The second kappa shape index (κ2) is 11.4. The maximum atomic E-state index is 14.2. The van der Waals surface area contributed by atoms with Gasteiger partial charge in [-0.15, -0.1) is 4.80 Å². The molecule has 40 heavy (non-hydrogen) atoms. The molecule has 13 heteroatoms. The zero-order valence-electron chi connectivity index (χ0n) is 22.9. The number of phenols is 1. The van der Waals surface area contributed by atoms with Crippen LogP contribution in [0.3, 0.4) is 0 Å². The van der Waals surface area contributed by atoms with Gasteiger partial charge < -0.3 is 14.9 Å². The van der Waals surface area contributed by atoms with E-state index in [1.165, 1.54) is 41.7 Å². The average Bonchev–Trinajstić information content (AvgIpc) is 3.53. The van der Waals surface area contributed by atoms with E-state index in [1.54, 1.807) is 6.92 Å². The highest BCUT2D eigenvalue weighted by atomic mass is 32.1. The standard InChI is InChI=1S/C27H32FN5O6S/c1-15(2)12-21(36)27(4,5)32-23(37)22-16(3)24(33-29-8-9-30-33)40-25(22)31(26(32)38)14-20(39-11-10-34)18-13-17(28)6-7-19(18)35/h6-9,13,15,20,34-35H,10-12,14H2,1-5H3/t20-/m0/s1. The summed E-state index contributed by atoms with van der Waals surface area (Å²) in [5.41, 5.74) is -2.32. The largest absolute Gasteiger partial charge is 0.508 e. The highest BCUT2D eigenvalue weighted by molar-refractivity contribution is 7.21. The Balaban J connectivity index is 2.03. The van der Waals surface area contributed by atoms with E-state index in [9.17, 15) is 29.0 Å².